The molecule has 1 aromatic heterocycles. The van der Waals surface area contributed by atoms with Crippen LogP contribution < -0.4 is 0 Å². The molecule has 0 saturated carbocycles. The van der Waals surface area contributed by atoms with E-state index in [0.29, 0.717) is 16.6 Å². The highest BCUT2D eigenvalue weighted by Gasteiger charge is 2.36. The molecule has 1 heterocycles. The van der Waals surface area contributed by atoms with Crippen LogP contribution in [0.15, 0.2) is 48.5 Å². The van der Waals surface area contributed by atoms with Crippen LogP contribution in [0.3, 0.4) is 0 Å². The van der Waals surface area contributed by atoms with Crippen LogP contribution in [0.1, 0.15) is 13.8 Å². The van der Waals surface area contributed by atoms with Gasteiger partial charge in [0, 0.05) is 10.9 Å². The number of ether oxygens (including phenoxy) is 1. The largest absolute Gasteiger partial charge is 0.456 e. The normalized spacial score (nSPS) is 12.4. The summed E-state index contributed by atoms with van der Waals surface area (Å²) in [6.07, 6.45) is -4.60. The first kappa shape index (κ1) is 19.9. The summed E-state index contributed by atoms with van der Waals surface area (Å²) >= 11 is 0. The molecule has 3 rings (SSSR count). The predicted octanol–water partition coefficient (Wildman–Crippen LogP) is 4.97. The fourth-order valence-corrected chi connectivity index (χ4v) is 2.86. The van der Waals surface area contributed by atoms with E-state index in [1.165, 1.54) is 36.7 Å². The molecule has 28 heavy (non-hydrogen) atoms. The Morgan fingerprint density at radius 3 is 2.43 bits per heavy atom. The molecule has 0 radical (unpaired) electrons. The fraction of sp³-hybridized carbons (Fsp3) is 0.300. The number of esters is 1. The summed E-state index contributed by atoms with van der Waals surface area (Å²) in [5.41, 5.74) is 0.577. The van der Waals surface area contributed by atoms with E-state index >= 15 is 0 Å². The van der Waals surface area contributed by atoms with Crippen molar-refractivity contribution in [1.82, 2.24) is 9.78 Å². The minimum Gasteiger partial charge on any atom is -0.456 e. The Balaban J connectivity index is 1.96. The quantitative estimate of drug-likeness (QED) is 0.453. The number of hydrogen-bond donors (Lipinski definition) is 0. The van der Waals surface area contributed by atoms with Gasteiger partial charge in [-0.25, -0.2) is 4.39 Å². The summed E-state index contributed by atoms with van der Waals surface area (Å²) in [6, 6.07) is 13.3. The summed E-state index contributed by atoms with van der Waals surface area (Å²) in [6.45, 7) is 1.28. The summed E-state index contributed by atoms with van der Waals surface area (Å²) < 4.78 is 56.7. The Labute approximate surface area is 158 Å². The number of hydrogen-bond acceptors (Lipinski definition) is 3. The van der Waals surface area contributed by atoms with E-state index in [2.05, 4.69) is 9.84 Å². The van der Waals surface area contributed by atoms with Crippen molar-refractivity contribution in [3.8, 4) is 11.3 Å². The minimum absolute atomic E-state index is 0.0291. The number of rotatable bonds is 5. The van der Waals surface area contributed by atoms with Crippen LogP contribution >= 0.6 is 0 Å². The molecule has 2 aromatic carbocycles. The lowest BCUT2D eigenvalue weighted by molar-refractivity contribution is -0.193. The molecule has 0 N–H and O–H groups in total. The molecule has 0 aliphatic rings. The van der Waals surface area contributed by atoms with Crippen LogP contribution in [0.4, 0.5) is 17.6 Å². The average molecular weight is 394 g/mol. The number of carbonyl (C=O) groups excluding carboxylic acids is 1. The Morgan fingerprint density at radius 1 is 1.11 bits per heavy atom. The van der Waals surface area contributed by atoms with Crippen molar-refractivity contribution >= 4 is 16.9 Å². The van der Waals surface area contributed by atoms with Gasteiger partial charge < -0.3 is 4.74 Å². The topological polar surface area (TPSA) is 44.1 Å². The van der Waals surface area contributed by atoms with Gasteiger partial charge in [-0.1, -0.05) is 30.3 Å². The Bertz CT molecular complexity index is 995. The summed E-state index contributed by atoms with van der Waals surface area (Å²) in [4.78, 5) is 12.2. The lowest BCUT2D eigenvalue weighted by Gasteiger charge is -2.23. The number of nitrogens with zero attached hydrogens (tertiary/aromatic N) is 2. The molecule has 0 aliphatic heterocycles. The lowest BCUT2D eigenvalue weighted by atomic mass is 9.94. The average Bonchev–Trinajstić information content (AvgIpc) is 2.96. The van der Waals surface area contributed by atoms with Crippen molar-refractivity contribution in [3.63, 3.8) is 0 Å². The molecule has 3 aromatic rings. The van der Waals surface area contributed by atoms with Crippen molar-refractivity contribution in [2.24, 2.45) is 5.41 Å². The van der Waals surface area contributed by atoms with Gasteiger partial charge in [0.05, 0.1) is 17.5 Å². The Hall–Kier alpha value is -2.90. The van der Waals surface area contributed by atoms with Gasteiger partial charge in [0.2, 0.25) is 0 Å². The first-order valence-corrected chi connectivity index (χ1v) is 8.52. The van der Waals surface area contributed by atoms with E-state index in [0.717, 1.165) is 5.56 Å². The highest BCUT2D eigenvalue weighted by molar-refractivity contribution is 5.93. The molecular formula is C20H18F4N2O2. The van der Waals surface area contributed by atoms with Gasteiger partial charge in [-0.3, -0.25) is 9.48 Å². The van der Waals surface area contributed by atoms with Gasteiger partial charge in [-0.05, 0) is 32.0 Å². The van der Waals surface area contributed by atoms with Crippen molar-refractivity contribution in [2.45, 2.75) is 26.6 Å². The summed E-state index contributed by atoms with van der Waals surface area (Å²) in [7, 11) is 0. The van der Waals surface area contributed by atoms with E-state index in [1.807, 2.05) is 30.3 Å². The number of halogens is 4. The molecular weight excluding hydrogens is 376 g/mol. The monoisotopic (exact) mass is 394 g/mol. The van der Waals surface area contributed by atoms with Gasteiger partial charge in [-0.15, -0.1) is 0 Å². The molecule has 0 fully saturated rings. The van der Waals surface area contributed by atoms with Crippen LogP contribution in [0.5, 0.6) is 0 Å². The van der Waals surface area contributed by atoms with E-state index in [9.17, 15) is 22.4 Å². The molecule has 0 spiro atoms. The van der Waals surface area contributed by atoms with Crippen LogP contribution in [0, 0.1) is 11.2 Å². The Kier molecular flexibility index (Phi) is 5.14. The molecule has 148 valence electrons. The van der Waals surface area contributed by atoms with E-state index < -0.39 is 30.0 Å². The second-order valence-corrected chi connectivity index (χ2v) is 7.11. The van der Waals surface area contributed by atoms with Crippen LogP contribution in [-0.2, 0) is 16.1 Å². The first-order valence-electron chi connectivity index (χ1n) is 8.52. The zero-order valence-electron chi connectivity index (χ0n) is 15.3. The highest BCUT2D eigenvalue weighted by Crippen LogP contribution is 2.31. The SMILES string of the molecule is CC(C)(Cn1nc(-c2ccccc2)c2cc(F)ccc21)C(=O)OCC(F)(F)F. The minimum atomic E-state index is -4.60. The van der Waals surface area contributed by atoms with Gasteiger partial charge in [0.1, 0.15) is 11.5 Å². The third kappa shape index (κ3) is 4.32. The molecule has 0 aliphatic carbocycles. The van der Waals surface area contributed by atoms with E-state index in [1.54, 1.807) is 0 Å². The fourth-order valence-electron chi connectivity index (χ4n) is 2.86. The standard InChI is InChI=1S/C20H18F4N2O2/c1-19(2,18(27)28-12-20(22,23)24)11-26-16-9-8-14(21)10-15(16)17(25-26)13-6-4-3-5-7-13/h3-10H,11-12H2,1-2H3. The zero-order valence-corrected chi connectivity index (χ0v) is 15.3. The number of aromatic nitrogens is 2. The first-order chi connectivity index (χ1) is 13.1. The van der Waals surface area contributed by atoms with Crippen molar-refractivity contribution < 1.29 is 27.1 Å². The van der Waals surface area contributed by atoms with Crippen LogP contribution in [0.2, 0.25) is 0 Å². The zero-order chi connectivity index (χ0) is 20.5. The number of alkyl halides is 3. The van der Waals surface area contributed by atoms with Crippen molar-refractivity contribution in [2.75, 3.05) is 6.61 Å². The maximum atomic E-state index is 13.8. The van der Waals surface area contributed by atoms with Crippen molar-refractivity contribution in [1.29, 1.82) is 0 Å². The molecule has 8 heteroatoms. The van der Waals surface area contributed by atoms with Crippen molar-refractivity contribution in [3.05, 3.63) is 54.3 Å². The van der Waals surface area contributed by atoms with E-state index in [-0.39, 0.29) is 6.54 Å². The molecule has 4 nitrogen and oxygen atoms in total. The van der Waals surface area contributed by atoms with Gasteiger partial charge in [-0.2, -0.15) is 18.3 Å². The molecule has 0 atom stereocenters. The van der Waals surface area contributed by atoms with Gasteiger partial charge in [0.25, 0.3) is 0 Å². The van der Waals surface area contributed by atoms with Crippen LogP contribution in [-0.4, -0.2) is 28.5 Å². The maximum absolute atomic E-state index is 13.8. The second-order valence-electron chi connectivity index (χ2n) is 7.11. The van der Waals surface area contributed by atoms with Gasteiger partial charge in [0.15, 0.2) is 6.61 Å². The molecule has 0 bridgehead atoms. The number of benzene rings is 2. The Morgan fingerprint density at radius 2 is 1.79 bits per heavy atom. The third-order valence-electron chi connectivity index (χ3n) is 4.22. The lowest BCUT2D eigenvalue weighted by Crippen LogP contribution is -2.34. The summed E-state index contributed by atoms with van der Waals surface area (Å²) in [5.74, 6) is -1.43. The molecule has 0 unspecified atom stereocenters. The smallest absolute Gasteiger partial charge is 0.422 e. The number of carbonyl (C=O) groups is 1. The van der Waals surface area contributed by atoms with Crippen LogP contribution in [0.25, 0.3) is 22.2 Å². The molecule has 0 amide bonds. The summed E-state index contributed by atoms with van der Waals surface area (Å²) in [5, 5.41) is 5.04. The highest BCUT2D eigenvalue weighted by atomic mass is 19.4. The predicted molar refractivity (Wildman–Crippen MR) is 95.9 cm³/mol. The maximum Gasteiger partial charge on any atom is 0.422 e. The third-order valence-corrected chi connectivity index (χ3v) is 4.22. The van der Waals surface area contributed by atoms with E-state index in [4.69, 9.17) is 0 Å². The van der Waals surface area contributed by atoms with Gasteiger partial charge >= 0.3 is 12.1 Å². The second kappa shape index (κ2) is 7.26. The molecule has 0 saturated heterocycles. The number of fused-ring (bicyclic) bond motifs is 1.